The molecule has 2 aromatic rings. The van der Waals surface area contributed by atoms with Crippen molar-refractivity contribution in [3.8, 4) is 0 Å². The van der Waals surface area contributed by atoms with Gasteiger partial charge in [0.1, 0.15) is 12.6 Å². The number of nitrogens with two attached hydrogens (primary N) is 1. The Morgan fingerprint density at radius 3 is 2.31 bits per heavy atom. The molecule has 0 saturated heterocycles. The highest BCUT2D eigenvalue weighted by Gasteiger charge is 2.25. The van der Waals surface area contributed by atoms with Crippen LogP contribution < -0.4 is 11.1 Å². The van der Waals surface area contributed by atoms with Gasteiger partial charge in [0.2, 0.25) is 5.91 Å². The molecule has 1 atom stereocenters. The number of ether oxygens (including phenoxy) is 1. The molecule has 0 heterocycles. The molecule has 6 nitrogen and oxygen atoms in total. The molecule has 0 aliphatic rings. The molecule has 0 fully saturated rings. The average Bonchev–Trinajstić information content (AvgIpc) is 2.60. The summed E-state index contributed by atoms with van der Waals surface area (Å²) in [4.78, 5) is 35.8. The van der Waals surface area contributed by atoms with Crippen molar-refractivity contribution in [2.75, 3.05) is 0 Å². The molecule has 3 N–H and O–H groups in total. The van der Waals surface area contributed by atoms with E-state index in [0.29, 0.717) is 15.6 Å². The SMILES string of the molecule is NC(=O)CC(NC(=O)c1ccc(Cl)cc1)C(=O)OCc1ccccc1Cl. The Labute approximate surface area is 160 Å². The molecular weight excluding hydrogens is 379 g/mol. The van der Waals surface area contributed by atoms with Crippen molar-refractivity contribution >= 4 is 41.0 Å². The van der Waals surface area contributed by atoms with Gasteiger partial charge in [-0.15, -0.1) is 0 Å². The topological polar surface area (TPSA) is 98.5 Å². The lowest BCUT2D eigenvalue weighted by molar-refractivity contribution is -0.148. The lowest BCUT2D eigenvalue weighted by atomic mass is 10.1. The number of hydrogen-bond acceptors (Lipinski definition) is 4. The van der Waals surface area contributed by atoms with Crippen molar-refractivity contribution in [3.05, 3.63) is 69.7 Å². The third kappa shape index (κ3) is 5.75. The Morgan fingerprint density at radius 2 is 1.69 bits per heavy atom. The van der Waals surface area contributed by atoms with Gasteiger partial charge in [0.15, 0.2) is 0 Å². The maximum absolute atomic E-state index is 12.3. The Hall–Kier alpha value is -2.57. The molecule has 0 aliphatic heterocycles. The first-order chi connectivity index (χ1) is 12.4. The van der Waals surface area contributed by atoms with E-state index in [2.05, 4.69) is 5.32 Å². The molecule has 2 amide bonds. The Kier molecular flexibility index (Phi) is 7.00. The quantitative estimate of drug-likeness (QED) is 0.705. The van der Waals surface area contributed by atoms with E-state index in [1.807, 2.05) is 0 Å². The molecule has 0 aliphatic carbocycles. The zero-order valence-corrected chi connectivity index (χ0v) is 15.1. The predicted octanol–water partition coefficient (Wildman–Crippen LogP) is 2.71. The summed E-state index contributed by atoms with van der Waals surface area (Å²) in [5, 5.41) is 3.35. The Bertz CT molecular complexity index is 809. The number of carbonyl (C=O) groups excluding carboxylic acids is 3. The fourth-order valence-electron chi connectivity index (χ4n) is 2.10. The summed E-state index contributed by atoms with van der Waals surface area (Å²) in [7, 11) is 0. The summed E-state index contributed by atoms with van der Waals surface area (Å²) >= 11 is 11.8. The van der Waals surface area contributed by atoms with E-state index in [4.69, 9.17) is 33.7 Å². The normalized spacial score (nSPS) is 11.5. The molecule has 0 bridgehead atoms. The van der Waals surface area contributed by atoms with E-state index in [1.165, 1.54) is 24.3 Å². The predicted molar refractivity (Wildman–Crippen MR) is 97.8 cm³/mol. The van der Waals surface area contributed by atoms with Crippen molar-refractivity contribution in [1.29, 1.82) is 0 Å². The second kappa shape index (κ2) is 9.22. The number of primary amides is 1. The average molecular weight is 395 g/mol. The van der Waals surface area contributed by atoms with Crippen LogP contribution >= 0.6 is 23.2 Å². The smallest absolute Gasteiger partial charge is 0.329 e. The summed E-state index contributed by atoms with van der Waals surface area (Å²) in [5.41, 5.74) is 6.04. The summed E-state index contributed by atoms with van der Waals surface area (Å²) < 4.78 is 5.16. The van der Waals surface area contributed by atoms with Gasteiger partial charge in [0.25, 0.3) is 5.91 Å². The number of hydrogen-bond donors (Lipinski definition) is 2. The minimum atomic E-state index is -1.21. The zero-order valence-electron chi connectivity index (χ0n) is 13.6. The van der Waals surface area contributed by atoms with Gasteiger partial charge in [-0.05, 0) is 30.3 Å². The van der Waals surface area contributed by atoms with Crippen molar-refractivity contribution < 1.29 is 19.1 Å². The number of amides is 2. The van der Waals surface area contributed by atoms with E-state index in [-0.39, 0.29) is 18.6 Å². The number of esters is 1. The van der Waals surface area contributed by atoms with Crippen LogP contribution in [-0.4, -0.2) is 23.8 Å². The van der Waals surface area contributed by atoms with Crippen LogP contribution in [0.5, 0.6) is 0 Å². The van der Waals surface area contributed by atoms with Gasteiger partial charge >= 0.3 is 5.97 Å². The van der Waals surface area contributed by atoms with Crippen LogP contribution in [0.3, 0.4) is 0 Å². The molecule has 136 valence electrons. The molecule has 8 heteroatoms. The fourth-order valence-corrected chi connectivity index (χ4v) is 2.42. The van der Waals surface area contributed by atoms with Gasteiger partial charge in [-0.2, -0.15) is 0 Å². The van der Waals surface area contributed by atoms with Gasteiger partial charge < -0.3 is 15.8 Å². The minimum Gasteiger partial charge on any atom is -0.459 e. The summed E-state index contributed by atoms with van der Waals surface area (Å²) in [6, 6.07) is 11.7. The first kappa shape index (κ1) is 19.8. The summed E-state index contributed by atoms with van der Waals surface area (Å²) in [5.74, 6) is -2.09. The molecule has 0 aromatic heterocycles. The van der Waals surface area contributed by atoms with Gasteiger partial charge in [0.05, 0.1) is 6.42 Å². The molecule has 0 spiro atoms. The lowest BCUT2D eigenvalue weighted by Crippen LogP contribution is -2.44. The number of halogens is 2. The van der Waals surface area contributed by atoms with Crippen molar-refractivity contribution in [2.45, 2.75) is 19.1 Å². The van der Waals surface area contributed by atoms with Gasteiger partial charge in [0, 0.05) is 21.2 Å². The first-order valence-electron chi connectivity index (χ1n) is 7.61. The number of benzene rings is 2. The highest BCUT2D eigenvalue weighted by atomic mass is 35.5. The lowest BCUT2D eigenvalue weighted by Gasteiger charge is -2.17. The maximum atomic E-state index is 12.3. The molecule has 1 unspecified atom stereocenters. The maximum Gasteiger partial charge on any atom is 0.329 e. The van der Waals surface area contributed by atoms with Crippen LogP contribution in [0.2, 0.25) is 10.0 Å². The first-order valence-corrected chi connectivity index (χ1v) is 8.37. The summed E-state index contributed by atoms with van der Waals surface area (Å²) in [6.07, 6.45) is -0.388. The van der Waals surface area contributed by atoms with E-state index in [9.17, 15) is 14.4 Å². The third-order valence-electron chi connectivity index (χ3n) is 3.43. The van der Waals surface area contributed by atoms with Gasteiger partial charge in [-0.1, -0.05) is 41.4 Å². The molecule has 0 saturated carbocycles. The molecular formula is C18H16Cl2N2O4. The van der Waals surface area contributed by atoms with E-state index < -0.39 is 23.8 Å². The zero-order chi connectivity index (χ0) is 19.1. The van der Waals surface area contributed by atoms with Crippen LogP contribution in [0.15, 0.2) is 48.5 Å². The van der Waals surface area contributed by atoms with Crippen LogP contribution in [0, 0.1) is 0 Å². The third-order valence-corrected chi connectivity index (χ3v) is 4.05. The highest BCUT2D eigenvalue weighted by Crippen LogP contribution is 2.16. The van der Waals surface area contributed by atoms with Gasteiger partial charge in [-0.25, -0.2) is 4.79 Å². The highest BCUT2D eigenvalue weighted by molar-refractivity contribution is 6.31. The molecule has 2 aromatic carbocycles. The van der Waals surface area contributed by atoms with E-state index in [0.717, 1.165) is 0 Å². The number of nitrogens with one attached hydrogen (secondary N) is 1. The monoisotopic (exact) mass is 394 g/mol. The Balaban J connectivity index is 2.04. The van der Waals surface area contributed by atoms with Crippen LogP contribution in [-0.2, 0) is 20.9 Å². The standard InChI is InChI=1S/C18H16Cl2N2O4/c19-13-7-5-11(6-8-13)17(24)22-15(9-16(21)23)18(25)26-10-12-3-1-2-4-14(12)20/h1-8,15H,9-10H2,(H2,21,23)(H,22,24). The van der Waals surface area contributed by atoms with Crippen LogP contribution in [0.1, 0.15) is 22.3 Å². The Morgan fingerprint density at radius 1 is 1.04 bits per heavy atom. The van der Waals surface area contributed by atoms with Crippen LogP contribution in [0.4, 0.5) is 0 Å². The van der Waals surface area contributed by atoms with E-state index in [1.54, 1.807) is 24.3 Å². The molecule has 0 radical (unpaired) electrons. The van der Waals surface area contributed by atoms with E-state index >= 15 is 0 Å². The molecule has 26 heavy (non-hydrogen) atoms. The largest absolute Gasteiger partial charge is 0.459 e. The van der Waals surface area contributed by atoms with Crippen molar-refractivity contribution in [1.82, 2.24) is 5.32 Å². The van der Waals surface area contributed by atoms with Gasteiger partial charge in [-0.3, -0.25) is 9.59 Å². The van der Waals surface area contributed by atoms with Crippen LogP contribution in [0.25, 0.3) is 0 Å². The number of rotatable bonds is 7. The summed E-state index contributed by atoms with van der Waals surface area (Å²) in [6.45, 7) is -0.0927. The minimum absolute atomic E-state index is 0.0927. The van der Waals surface area contributed by atoms with Crippen molar-refractivity contribution in [3.63, 3.8) is 0 Å². The number of carbonyl (C=O) groups is 3. The second-order valence-electron chi connectivity index (χ2n) is 5.40. The second-order valence-corrected chi connectivity index (χ2v) is 6.25. The fraction of sp³-hybridized carbons (Fsp3) is 0.167. The van der Waals surface area contributed by atoms with Crippen molar-refractivity contribution in [2.24, 2.45) is 5.73 Å². The molecule has 2 rings (SSSR count).